The predicted molar refractivity (Wildman–Crippen MR) is 121 cm³/mol. The number of carboxylic acid groups (broad SMARTS) is 1. The van der Waals surface area contributed by atoms with Gasteiger partial charge in [-0.1, -0.05) is 15.9 Å². The van der Waals surface area contributed by atoms with Gasteiger partial charge in [0.15, 0.2) is 18.1 Å². The molecule has 168 valence electrons. The second-order valence-corrected chi connectivity index (χ2v) is 8.61. The molecule has 0 aliphatic carbocycles. The third kappa shape index (κ3) is 7.06. The van der Waals surface area contributed by atoms with Gasteiger partial charge < -0.3 is 30.0 Å². The predicted octanol–water partition coefficient (Wildman–Crippen LogP) is 4.07. The largest absolute Gasteiger partial charge is 0.495 e. The van der Waals surface area contributed by atoms with Crippen LogP contribution in [0.4, 0.5) is 5.69 Å². The van der Waals surface area contributed by atoms with Gasteiger partial charge in [-0.05, 0) is 56.7 Å². The van der Waals surface area contributed by atoms with Gasteiger partial charge in [0.1, 0.15) is 5.75 Å². The van der Waals surface area contributed by atoms with Gasteiger partial charge in [0.2, 0.25) is 0 Å². The van der Waals surface area contributed by atoms with E-state index in [9.17, 15) is 14.7 Å². The Kier molecular flexibility index (Phi) is 8.15. The summed E-state index contributed by atoms with van der Waals surface area (Å²) in [4.78, 5) is 23.3. The van der Waals surface area contributed by atoms with Crippen LogP contribution in [-0.2, 0) is 11.3 Å². The lowest BCUT2D eigenvalue weighted by molar-refractivity contribution is -0.124. The second-order valence-electron chi connectivity index (χ2n) is 7.76. The van der Waals surface area contributed by atoms with Crippen molar-refractivity contribution in [2.75, 3.05) is 26.1 Å². The maximum atomic E-state index is 12.0. The molecule has 0 saturated carbocycles. The Morgan fingerprint density at radius 3 is 2.29 bits per heavy atom. The minimum absolute atomic E-state index is 0.142. The number of carboxylic acids is 1. The highest BCUT2D eigenvalue weighted by Crippen LogP contribution is 2.34. The second kappa shape index (κ2) is 10.4. The summed E-state index contributed by atoms with van der Waals surface area (Å²) in [6, 6.07) is 8.10. The summed E-state index contributed by atoms with van der Waals surface area (Å²) < 4.78 is 17.1. The summed E-state index contributed by atoms with van der Waals surface area (Å²) in [5.41, 5.74) is 1.19. The van der Waals surface area contributed by atoms with Crippen LogP contribution in [0.15, 0.2) is 34.8 Å². The molecule has 0 unspecified atom stereocenters. The number of aromatic carboxylic acids is 1. The molecule has 0 fully saturated rings. The highest BCUT2D eigenvalue weighted by Gasteiger charge is 2.17. The monoisotopic (exact) mass is 494 g/mol. The minimum Gasteiger partial charge on any atom is -0.495 e. The molecule has 0 aliphatic heterocycles. The van der Waals surface area contributed by atoms with Crippen molar-refractivity contribution in [3.63, 3.8) is 0 Å². The minimum atomic E-state index is -1.02. The van der Waals surface area contributed by atoms with Gasteiger partial charge in [0.05, 0.1) is 25.5 Å². The zero-order valence-corrected chi connectivity index (χ0v) is 19.8. The number of anilines is 1. The number of benzene rings is 2. The van der Waals surface area contributed by atoms with Crippen LogP contribution in [0.2, 0.25) is 0 Å². The third-order valence-corrected chi connectivity index (χ3v) is 4.86. The smallest absolute Gasteiger partial charge is 0.335 e. The summed E-state index contributed by atoms with van der Waals surface area (Å²) >= 11 is 3.51. The highest BCUT2D eigenvalue weighted by atomic mass is 79.9. The number of nitrogens with one attached hydrogen (secondary N) is 2. The van der Waals surface area contributed by atoms with E-state index in [-0.39, 0.29) is 23.6 Å². The Balaban J connectivity index is 2.16. The van der Waals surface area contributed by atoms with Gasteiger partial charge in [0.25, 0.3) is 5.91 Å². The first kappa shape index (κ1) is 24.3. The molecule has 2 aromatic rings. The fourth-order valence-corrected chi connectivity index (χ4v) is 3.21. The number of amides is 1. The molecule has 9 heteroatoms. The van der Waals surface area contributed by atoms with Crippen LogP contribution in [0.25, 0.3) is 0 Å². The lowest BCUT2D eigenvalue weighted by atomic mass is 10.1. The van der Waals surface area contributed by atoms with Crippen molar-refractivity contribution in [1.82, 2.24) is 5.32 Å². The number of methoxy groups -OCH3 is 2. The van der Waals surface area contributed by atoms with E-state index in [4.69, 9.17) is 14.2 Å². The van der Waals surface area contributed by atoms with E-state index in [0.717, 1.165) is 10.0 Å². The van der Waals surface area contributed by atoms with Gasteiger partial charge in [-0.15, -0.1) is 0 Å². The molecular weight excluding hydrogens is 468 g/mol. The lowest BCUT2D eigenvalue weighted by Gasteiger charge is -2.21. The average molecular weight is 495 g/mol. The topological polar surface area (TPSA) is 106 Å². The van der Waals surface area contributed by atoms with Crippen LogP contribution in [-0.4, -0.2) is 43.3 Å². The number of ether oxygens (including phenoxy) is 3. The molecule has 0 atom stereocenters. The number of rotatable bonds is 9. The Bertz CT molecular complexity index is 956. The standard InChI is InChI=1S/C22H27BrN2O6/c1-22(2,3)25-20(26)12-31-19-10-15(23)14(9-18(19)30-5)11-24-16-8-13(21(27)28)6-7-17(16)29-4/h6-10,24H,11-12H2,1-5H3,(H,25,26)(H,27,28). The SMILES string of the molecule is COc1ccc(C(=O)O)cc1NCc1cc(OC)c(OCC(=O)NC(C)(C)C)cc1Br. The number of carbonyl (C=O) groups excluding carboxylic acids is 1. The van der Waals surface area contributed by atoms with Gasteiger partial charge >= 0.3 is 5.97 Å². The van der Waals surface area contributed by atoms with E-state index < -0.39 is 5.97 Å². The van der Waals surface area contributed by atoms with Crippen molar-refractivity contribution in [2.45, 2.75) is 32.9 Å². The van der Waals surface area contributed by atoms with E-state index in [1.807, 2.05) is 20.8 Å². The average Bonchev–Trinajstić information content (AvgIpc) is 2.69. The molecule has 8 nitrogen and oxygen atoms in total. The molecule has 31 heavy (non-hydrogen) atoms. The van der Waals surface area contributed by atoms with Gasteiger partial charge in [-0.25, -0.2) is 4.79 Å². The van der Waals surface area contributed by atoms with Crippen molar-refractivity contribution in [3.8, 4) is 17.2 Å². The molecule has 0 aromatic heterocycles. The molecule has 0 saturated heterocycles. The van der Waals surface area contributed by atoms with E-state index in [1.165, 1.54) is 26.4 Å². The summed E-state index contributed by atoms with van der Waals surface area (Å²) in [5, 5.41) is 15.2. The fourth-order valence-electron chi connectivity index (χ4n) is 2.75. The Hall–Kier alpha value is -2.94. The lowest BCUT2D eigenvalue weighted by Crippen LogP contribution is -2.43. The molecule has 3 N–H and O–H groups in total. The normalized spacial score (nSPS) is 10.9. The number of carbonyl (C=O) groups is 2. The first-order chi connectivity index (χ1) is 14.5. The molecular formula is C22H27BrN2O6. The van der Waals surface area contributed by atoms with E-state index >= 15 is 0 Å². The fraction of sp³-hybridized carbons (Fsp3) is 0.364. The van der Waals surface area contributed by atoms with Gasteiger partial charge in [0, 0.05) is 16.6 Å². The number of hydrogen-bond acceptors (Lipinski definition) is 6. The number of hydrogen-bond donors (Lipinski definition) is 3. The van der Waals surface area contributed by atoms with Crippen molar-refractivity contribution in [3.05, 3.63) is 45.9 Å². The summed E-state index contributed by atoms with van der Waals surface area (Å²) in [7, 11) is 3.03. The van der Waals surface area contributed by atoms with E-state index in [1.54, 1.807) is 18.2 Å². The molecule has 0 radical (unpaired) electrons. The molecule has 2 rings (SSSR count). The first-order valence-corrected chi connectivity index (χ1v) is 10.3. The number of halogens is 1. The first-order valence-electron chi connectivity index (χ1n) is 9.49. The van der Waals surface area contributed by atoms with Crippen LogP contribution >= 0.6 is 15.9 Å². The van der Waals surface area contributed by atoms with Crippen molar-refractivity contribution >= 4 is 33.5 Å². The Labute approximate surface area is 190 Å². The Morgan fingerprint density at radius 2 is 1.71 bits per heavy atom. The summed E-state index contributed by atoms with van der Waals surface area (Å²) in [6.45, 7) is 5.90. The van der Waals surface area contributed by atoms with Crippen LogP contribution in [0.3, 0.4) is 0 Å². The van der Waals surface area contributed by atoms with Crippen LogP contribution in [0.1, 0.15) is 36.7 Å². The van der Waals surface area contributed by atoms with Crippen molar-refractivity contribution < 1.29 is 28.9 Å². The van der Waals surface area contributed by atoms with E-state index in [2.05, 4.69) is 26.6 Å². The summed E-state index contributed by atoms with van der Waals surface area (Å²) in [5.74, 6) is 0.160. The van der Waals surface area contributed by atoms with E-state index in [0.29, 0.717) is 29.5 Å². The third-order valence-electron chi connectivity index (χ3n) is 4.12. The zero-order chi connectivity index (χ0) is 23.2. The molecule has 0 bridgehead atoms. The van der Waals surface area contributed by atoms with Crippen LogP contribution in [0, 0.1) is 0 Å². The maximum Gasteiger partial charge on any atom is 0.335 e. The highest BCUT2D eigenvalue weighted by molar-refractivity contribution is 9.10. The van der Waals surface area contributed by atoms with Gasteiger partial charge in [-0.2, -0.15) is 0 Å². The maximum absolute atomic E-state index is 12.0. The molecule has 2 aromatic carbocycles. The zero-order valence-electron chi connectivity index (χ0n) is 18.2. The molecule has 0 spiro atoms. The molecule has 1 amide bonds. The Morgan fingerprint density at radius 1 is 1.03 bits per heavy atom. The van der Waals surface area contributed by atoms with Gasteiger partial charge in [-0.3, -0.25) is 4.79 Å². The van der Waals surface area contributed by atoms with Crippen LogP contribution < -0.4 is 24.8 Å². The van der Waals surface area contributed by atoms with Crippen LogP contribution in [0.5, 0.6) is 17.2 Å². The van der Waals surface area contributed by atoms with Crippen molar-refractivity contribution in [1.29, 1.82) is 0 Å². The summed E-state index contributed by atoms with van der Waals surface area (Å²) in [6.07, 6.45) is 0. The quantitative estimate of drug-likeness (QED) is 0.482. The molecule has 0 heterocycles. The van der Waals surface area contributed by atoms with Crippen molar-refractivity contribution in [2.24, 2.45) is 0 Å². The molecule has 0 aliphatic rings.